The fraction of sp³-hybridized carbons (Fsp3) is 0.300. The lowest BCUT2D eigenvalue weighted by Gasteiger charge is -2.24. The first kappa shape index (κ1) is 15.1. The minimum atomic E-state index is 0.480. The fourth-order valence-electron chi connectivity index (χ4n) is 3.50. The van der Waals surface area contributed by atoms with Crippen LogP contribution in [0.25, 0.3) is 16.8 Å². The molecule has 0 radical (unpaired) electrons. The van der Waals surface area contributed by atoms with Gasteiger partial charge in [-0.2, -0.15) is 0 Å². The van der Waals surface area contributed by atoms with E-state index >= 15 is 0 Å². The van der Waals surface area contributed by atoms with E-state index in [-0.39, 0.29) is 0 Å². The third-order valence-electron chi connectivity index (χ3n) is 4.95. The molecule has 1 saturated heterocycles. The van der Waals surface area contributed by atoms with Gasteiger partial charge in [0, 0.05) is 11.7 Å². The Morgan fingerprint density at radius 2 is 1.54 bits per heavy atom. The minimum absolute atomic E-state index is 0.480. The number of hydrogen-bond donors (Lipinski definition) is 0. The van der Waals surface area contributed by atoms with E-state index in [9.17, 15) is 0 Å². The van der Waals surface area contributed by atoms with Crippen LogP contribution in [-0.4, -0.2) is 32.8 Å². The van der Waals surface area contributed by atoms with Gasteiger partial charge in [-0.15, -0.1) is 10.2 Å². The summed E-state index contributed by atoms with van der Waals surface area (Å²) in [5.74, 6) is 0. The second kappa shape index (κ2) is 6.57. The highest BCUT2D eigenvalue weighted by molar-refractivity contribution is 5.66. The van der Waals surface area contributed by atoms with Crippen molar-refractivity contribution in [3.63, 3.8) is 0 Å². The summed E-state index contributed by atoms with van der Waals surface area (Å²) in [5.41, 5.74) is 4.95. The molecule has 4 nitrogen and oxygen atoms in total. The lowest BCUT2D eigenvalue weighted by molar-refractivity contribution is 0.263. The third kappa shape index (κ3) is 2.97. The molecule has 2 aromatic carbocycles. The van der Waals surface area contributed by atoms with Gasteiger partial charge in [-0.3, -0.25) is 9.47 Å². The highest BCUT2D eigenvalue weighted by Gasteiger charge is 2.19. The van der Waals surface area contributed by atoms with Gasteiger partial charge in [-0.05, 0) is 67.7 Å². The molecule has 1 aromatic heterocycles. The molecule has 0 amide bonds. The molecule has 122 valence electrons. The van der Waals surface area contributed by atoms with Crippen molar-refractivity contribution in [1.82, 2.24) is 19.7 Å². The summed E-state index contributed by atoms with van der Waals surface area (Å²) < 4.78 is 1.93. The molecule has 4 rings (SSSR count). The summed E-state index contributed by atoms with van der Waals surface area (Å²) in [4.78, 5) is 2.58. The zero-order chi connectivity index (χ0) is 16.4. The van der Waals surface area contributed by atoms with Crippen molar-refractivity contribution >= 4 is 0 Å². The van der Waals surface area contributed by atoms with Crippen LogP contribution in [-0.2, 0) is 0 Å². The Labute approximate surface area is 142 Å². The van der Waals surface area contributed by atoms with Crippen LogP contribution in [0.4, 0.5) is 0 Å². The van der Waals surface area contributed by atoms with Crippen LogP contribution in [0.1, 0.15) is 31.4 Å². The molecule has 4 heteroatoms. The lowest BCUT2D eigenvalue weighted by atomic mass is 9.99. The third-order valence-corrected chi connectivity index (χ3v) is 4.95. The number of aromatic nitrogens is 3. The maximum absolute atomic E-state index is 3.89. The molecule has 0 bridgehead atoms. The van der Waals surface area contributed by atoms with Gasteiger partial charge >= 0.3 is 0 Å². The van der Waals surface area contributed by atoms with Gasteiger partial charge in [-0.1, -0.05) is 30.3 Å². The Bertz CT molecular complexity index is 804. The van der Waals surface area contributed by atoms with Crippen LogP contribution < -0.4 is 0 Å². The van der Waals surface area contributed by atoms with Crippen molar-refractivity contribution in [2.75, 3.05) is 13.1 Å². The first-order valence-electron chi connectivity index (χ1n) is 8.61. The van der Waals surface area contributed by atoms with Crippen molar-refractivity contribution in [3.8, 4) is 16.8 Å². The predicted molar refractivity (Wildman–Crippen MR) is 96.0 cm³/mol. The molecular formula is C20H22N4. The Balaban J connectivity index is 1.65. The zero-order valence-corrected chi connectivity index (χ0v) is 14.0. The molecule has 3 aromatic rings. The van der Waals surface area contributed by atoms with Gasteiger partial charge in [0.15, 0.2) is 0 Å². The van der Waals surface area contributed by atoms with Crippen molar-refractivity contribution in [2.24, 2.45) is 0 Å². The number of rotatable bonds is 4. The quantitative estimate of drug-likeness (QED) is 0.726. The second-order valence-electron chi connectivity index (χ2n) is 6.46. The number of benzene rings is 2. The molecule has 1 aliphatic rings. The Hall–Kier alpha value is -2.46. The second-order valence-corrected chi connectivity index (χ2v) is 6.46. The van der Waals surface area contributed by atoms with Crippen molar-refractivity contribution in [1.29, 1.82) is 0 Å². The van der Waals surface area contributed by atoms with E-state index in [0.717, 1.165) is 5.69 Å². The average molecular weight is 318 g/mol. The summed E-state index contributed by atoms with van der Waals surface area (Å²) in [6.45, 7) is 4.75. The van der Waals surface area contributed by atoms with Gasteiger partial charge in [0.2, 0.25) is 0 Å². The number of hydrogen-bond acceptors (Lipinski definition) is 3. The van der Waals surface area contributed by atoms with Crippen molar-refractivity contribution in [3.05, 3.63) is 66.7 Å². The van der Waals surface area contributed by atoms with Crippen LogP contribution in [0.2, 0.25) is 0 Å². The SMILES string of the molecule is C[C@@H](c1cccc(-c2cccc(-n3cnnc3)c2)c1)N1CCCC1. The molecule has 0 aliphatic carbocycles. The van der Waals surface area contributed by atoms with Gasteiger partial charge in [0.05, 0.1) is 0 Å². The highest BCUT2D eigenvalue weighted by Crippen LogP contribution is 2.29. The maximum Gasteiger partial charge on any atom is 0.123 e. The molecule has 0 spiro atoms. The summed E-state index contributed by atoms with van der Waals surface area (Å²) in [6.07, 6.45) is 6.10. The Kier molecular flexibility index (Phi) is 4.13. The highest BCUT2D eigenvalue weighted by atomic mass is 15.2. The van der Waals surface area contributed by atoms with Crippen molar-refractivity contribution in [2.45, 2.75) is 25.8 Å². The molecular weight excluding hydrogens is 296 g/mol. The topological polar surface area (TPSA) is 34.0 Å². The summed E-state index contributed by atoms with van der Waals surface area (Å²) in [7, 11) is 0. The molecule has 1 aliphatic heterocycles. The fourth-order valence-corrected chi connectivity index (χ4v) is 3.50. The van der Waals surface area contributed by atoms with E-state index in [1.807, 2.05) is 4.57 Å². The standard InChI is InChI=1S/C20H22N4/c1-16(23-10-2-3-11-23)17-6-4-7-18(12-17)19-8-5-9-20(13-19)24-14-21-22-15-24/h4-9,12-16H,2-3,10-11H2,1H3/t16-/m0/s1. The maximum atomic E-state index is 3.89. The van der Waals surface area contributed by atoms with Crippen LogP contribution in [0.15, 0.2) is 61.2 Å². The van der Waals surface area contributed by atoms with E-state index in [0.29, 0.717) is 6.04 Å². The summed E-state index contributed by atoms with van der Waals surface area (Å²) >= 11 is 0. The molecule has 1 fully saturated rings. The first-order chi connectivity index (χ1) is 11.8. The van der Waals surface area contributed by atoms with E-state index < -0.39 is 0 Å². The molecule has 24 heavy (non-hydrogen) atoms. The summed E-state index contributed by atoms with van der Waals surface area (Å²) in [6, 6.07) is 17.9. The summed E-state index contributed by atoms with van der Waals surface area (Å²) in [5, 5.41) is 7.78. The van der Waals surface area contributed by atoms with Gasteiger partial charge in [-0.25, -0.2) is 0 Å². The van der Waals surface area contributed by atoms with E-state index in [1.165, 1.54) is 42.6 Å². The Morgan fingerprint density at radius 1 is 0.875 bits per heavy atom. The number of likely N-dealkylation sites (tertiary alicyclic amines) is 1. The smallest absolute Gasteiger partial charge is 0.123 e. The van der Waals surface area contributed by atoms with Crippen LogP contribution in [0.3, 0.4) is 0 Å². The van der Waals surface area contributed by atoms with Gasteiger partial charge in [0.1, 0.15) is 12.7 Å². The monoisotopic (exact) mass is 318 g/mol. The van der Waals surface area contributed by atoms with E-state index in [1.54, 1.807) is 12.7 Å². The molecule has 2 heterocycles. The molecule has 1 atom stereocenters. The average Bonchev–Trinajstić information content (AvgIpc) is 3.35. The molecule has 0 N–H and O–H groups in total. The van der Waals surface area contributed by atoms with Gasteiger partial charge in [0.25, 0.3) is 0 Å². The number of nitrogens with zero attached hydrogens (tertiary/aromatic N) is 4. The molecule has 0 saturated carbocycles. The minimum Gasteiger partial charge on any atom is -0.297 e. The largest absolute Gasteiger partial charge is 0.297 e. The van der Waals surface area contributed by atoms with Crippen LogP contribution >= 0.6 is 0 Å². The lowest BCUT2D eigenvalue weighted by Crippen LogP contribution is -2.23. The van der Waals surface area contributed by atoms with Crippen LogP contribution in [0.5, 0.6) is 0 Å². The normalized spacial score (nSPS) is 16.4. The first-order valence-corrected chi connectivity index (χ1v) is 8.61. The molecule has 0 unspecified atom stereocenters. The zero-order valence-electron chi connectivity index (χ0n) is 14.0. The van der Waals surface area contributed by atoms with E-state index in [4.69, 9.17) is 0 Å². The predicted octanol–water partition coefficient (Wildman–Crippen LogP) is 4.09. The Morgan fingerprint density at radius 3 is 2.29 bits per heavy atom. The van der Waals surface area contributed by atoms with Crippen LogP contribution in [0, 0.1) is 0 Å². The van der Waals surface area contributed by atoms with E-state index in [2.05, 4.69) is 70.6 Å². The van der Waals surface area contributed by atoms with Gasteiger partial charge < -0.3 is 0 Å². The van der Waals surface area contributed by atoms with Crippen molar-refractivity contribution < 1.29 is 0 Å².